The minimum absolute atomic E-state index is 0.0579. The lowest BCUT2D eigenvalue weighted by molar-refractivity contribution is 0.0985. The summed E-state index contributed by atoms with van der Waals surface area (Å²) in [5, 5.41) is 10.1. The van der Waals surface area contributed by atoms with Gasteiger partial charge in [0.05, 0.1) is 6.10 Å². The number of aliphatic hydroxyl groups is 1. The van der Waals surface area contributed by atoms with E-state index in [4.69, 9.17) is 0 Å². The van der Waals surface area contributed by atoms with Crippen LogP contribution in [0.3, 0.4) is 0 Å². The van der Waals surface area contributed by atoms with Gasteiger partial charge in [-0.05, 0) is 18.8 Å². The highest BCUT2D eigenvalue weighted by atomic mass is 16.3. The summed E-state index contributed by atoms with van der Waals surface area (Å²) in [6.07, 6.45) is 15.4. The zero-order valence-corrected chi connectivity index (χ0v) is 13.1. The van der Waals surface area contributed by atoms with E-state index in [1.807, 2.05) is 0 Å². The summed E-state index contributed by atoms with van der Waals surface area (Å²) in [7, 11) is 0. The lowest BCUT2D eigenvalue weighted by Crippen LogP contribution is -2.17. The second-order valence-corrected chi connectivity index (χ2v) is 5.95. The summed E-state index contributed by atoms with van der Waals surface area (Å²) in [6.45, 7) is 6.71. The molecule has 0 aliphatic carbocycles. The standard InChI is InChI=1S/C17H36O/c1-4-6-8-9-10-11-13-15-17(18)16(3)14-12-7-5-2/h16-18H,4-15H2,1-3H3. The number of hydrogen-bond donors (Lipinski definition) is 1. The third kappa shape index (κ3) is 11.1. The maximum Gasteiger partial charge on any atom is 0.0565 e. The molecule has 0 rings (SSSR count). The van der Waals surface area contributed by atoms with Crippen LogP contribution >= 0.6 is 0 Å². The molecule has 0 fully saturated rings. The fourth-order valence-electron chi connectivity index (χ4n) is 2.50. The molecule has 0 aliphatic heterocycles. The van der Waals surface area contributed by atoms with Crippen LogP contribution in [0.5, 0.6) is 0 Å². The molecule has 2 atom stereocenters. The number of rotatable bonds is 13. The quantitative estimate of drug-likeness (QED) is 0.419. The molecule has 0 aliphatic rings. The van der Waals surface area contributed by atoms with Gasteiger partial charge in [-0.15, -0.1) is 0 Å². The lowest BCUT2D eigenvalue weighted by Gasteiger charge is -2.18. The second-order valence-electron chi connectivity index (χ2n) is 5.95. The van der Waals surface area contributed by atoms with Crippen LogP contribution in [0, 0.1) is 5.92 Å². The van der Waals surface area contributed by atoms with E-state index in [0.717, 1.165) is 6.42 Å². The minimum atomic E-state index is -0.0579. The van der Waals surface area contributed by atoms with Gasteiger partial charge in [0.2, 0.25) is 0 Å². The molecule has 0 saturated carbocycles. The molecule has 0 aromatic carbocycles. The van der Waals surface area contributed by atoms with Gasteiger partial charge in [-0.3, -0.25) is 0 Å². The molecule has 0 aromatic heterocycles. The lowest BCUT2D eigenvalue weighted by atomic mass is 9.93. The fourth-order valence-corrected chi connectivity index (χ4v) is 2.50. The monoisotopic (exact) mass is 256 g/mol. The van der Waals surface area contributed by atoms with E-state index in [0.29, 0.717) is 5.92 Å². The third-order valence-corrected chi connectivity index (χ3v) is 4.02. The Morgan fingerprint density at radius 1 is 0.667 bits per heavy atom. The van der Waals surface area contributed by atoms with Crippen molar-refractivity contribution in [2.24, 2.45) is 5.92 Å². The van der Waals surface area contributed by atoms with Gasteiger partial charge in [0.15, 0.2) is 0 Å². The van der Waals surface area contributed by atoms with Crippen molar-refractivity contribution in [3.05, 3.63) is 0 Å². The molecule has 18 heavy (non-hydrogen) atoms. The summed E-state index contributed by atoms with van der Waals surface area (Å²) in [5.74, 6) is 0.497. The molecule has 0 saturated heterocycles. The Kier molecular flexibility index (Phi) is 13.4. The van der Waals surface area contributed by atoms with Crippen LogP contribution in [0.2, 0.25) is 0 Å². The summed E-state index contributed by atoms with van der Waals surface area (Å²) >= 11 is 0. The maximum atomic E-state index is 10.1. The van der Waals surface area contributed by atoms with Gasteiger partial charge in [0.25, 0.3) is 0 Å². The predicted molar refractivity (Wildman–Crippen MR) is 81.9 cm³/mol. The number of aliphatic hydroxyl groups excluding tert-OH is 1. The van der Waals surface area contributed by atoms with E-state index >= 15 is 0 Å². The Bertz CT molecular complexity index is 156. The Balaban J connectivity index is 3.31. The molecule has 0 radical (unpaired) electrons. The van der Waals surface area contributed by atoms with Crippen LogP contribution in [0.1, 0.15) is 97.8 Å². The van der Waals surface area contributed by atoms with E-state index in [-0.39, 0.29) is 6.10 Å². The Hall–Kier alpha value is -0.0400. The van der Waals surface area contributed by atoms with Crippen molar-refractivity contribution in [3.63, 3.8) is 0 Å². The molecular formula is C17H36O. The normalized spacial score (nSPS) is 14.7. The van der Waals surface area contributed by atoms with Gasteiger partial charge < -0.3 is 5.11 Å². The fraction of sp³-hybridized carbons (Fsp3) is 1.00. The molecule has 1 nitrogen and oxygen atoms in total. The predicted octanol–water partition coefficient (Wildman–Crippen LogP) is 5.70. The highest BCUT2D eigenvalue weighted by molar-refractivity contribution is 4.65. The summed E-state index contributed by atoms with van der Waals surface area (Å²) in [4.78, 5) is 0. The van der Waals surface area contributed by atoms with Gasteiger partial charge in [-0.2, -0.15) is 0 Å². The SMILES string of the molecule is CCCCCCCCCC(O)C(C)CCCCC. The first-order valence-electron chi connectivity index (χ1n) is 8.40. The van der Waals surface area contributed by atoms with E-state index in [9.17, 15) is 5.11 Å². The summed E-state index contributed by atoms with van der Waals surface area (Å²) in [6, 6.07) is 0. The van der Waals surface area contributed by atoms with Crippen LogP contribution in [0.25, 0.3) is 0 Å². The van der Waals surface area contributed by atoms with Gasteiger partial charge in [0, 0.05) is 0 Å². The highest BCUT2D eigenvalue weighted by Gasteiger charge is 2.12. The third-order valence-electron chi connectivity index (χ3n) is 4.02. The van der Waals surface area contributed by atoms with Crippen LogP contribution in [0.15, 0.2) is 0 Å². The van der Waals surface area contributed by atoms with Crippen molar-refractivity contribution in [2.75, 3.05) is 0 Å². The molecule has 0 spiro atoms. The Morgan fingerprint density at radius 3 is 1.72 bits per heavy atom. The maximum absolute atomic E-state index is 10.1. The van der Waals surface area contributed by atoms with Crippen molar-refractivity contribution in [2.45, 2.75) is 104 Å². The van der Waals surface area contributed by atoms with E-state index in [1.54, 1.807) is 0 Å². The Morgan fingerprint density at radius 2 is 1.11 bits per heavy atom. The first kappa shape index (κ1) is 18.0. The van der Waals surface area contributed by atoms with Gasteiger partial charge >= 0.3 is 0 Å². The molecule has 1 N–H and O–H groups in total. The molecule has 110 valence electrons. The van der Waals surface area contributed by atoms with Crippen LogP contribution in [0.4, 0.5) is 0 Å². The molecule has 0 heterocycles. The second kappa shape index (κ2) is 13.4. The van der Waals surface area contributed by atoms with Gasteiger partial charge in [-0.1, -0.05) is 85.0 Å². The zero-order chi connectivity index (χ0) is 13.6. The van der Waals surface area contributed by atoms with Crippen molar-refractivity contribution < 1.29 is 5.11 Å². The summed E-state index contributed by atoms with van der Waals surface area (Å²) in [5.41, 5.74) is 0. The van der Waals surface area contributed by atoms with Gasteiger partial charge in [0.1, 0.15) is 0 Å². The largest absolute Gasteiger partial charge is 0.393 e. The Labute approximate surface area is 115 Å². The average Bonchev–Trinajstić information content (AvgIpc) is 2.37. The summed E-state index contributed by atoms with van der Waals surface area (Å²) < 4.78 is 0. The number of hydrogen-bond acceptors (Lipinski definition) is 1. The molecule has 1 heteroatoms. The highest BCUT2D eigenvalue weighted by Crippen LogP contribution is 2.18. The zero-order valence-electron chi connectivity index (χ0n) is 13.1. The van der Waals surface area contributed by atoms with Crippen molar-refractivity contribution in [1.29, 1.82) is 0 Å². The first-order chi connectivity index (χ1) is 8.72. The van der Waals surface area contributed by atoms with Crippen molar-refractivity contribution in [3.8, 4) is 0 Å². The minimum Gasteiger partial charge on any atom is -0.393 e. The van der Waals surface area contributed by atoms with E-state index in [1.165, 1.54) is 70.6 Å². The molecule has 2 unspecified atom stereocenters. The van der Waals surface area contributed by atoms with E-state index in [2.05, 4.69) is 20.8 Å². The molecule has 0 bridgehead atoms. The van der Waals surface area contributed by atoms with Crippen LogP contribution in [-0.2, 0) is 0 Å². The van der Waals surface area contributed by atoms with Crippen molar-refractivity contribution >= 4 is 0 Å². The number of unbranched alkanes of at least 4 members (excludes halogenated alkanes) is 8. The van der Waals surface area contributed by atoms with E-state index < -0.39 is 0 Å². The van der Waals surface area contributed by atoms with Crippen molar-refractivity contribution in [1.82, 2.24) is 0 Å². The molecule has 0 amide bonds. The van der Waals surface area contributed by atoms with Crippen LogP contribution < -0.4 is 0 Å². The smallest absolute Gasteiger partial charge is 0.0565 e. The average molecular weight is 256 g/mol. The first-order valence-corrected chi connectivity index (χ1v) is 8.40. The topological polar surface area (TPSA) is 20.2 Å². The molecular weight excluding hydrogens is 220 g/mol. The molecule has 0 aromatic rings. The van der Waals surface area contributed by atoms with Gasteiger partial charge in [-0.25, -0.2) is 0 Å². The van der Waals surface area contributed by atoms with Crippen LogP contribution in [-0.4, -0.2) is 11.2 Å².